The fraction of sp³-hybridized carbons (Fsp3) is 0.600. The minimum Gasteiger partial charge on any atom is -0.212 e. The maximum absolute atomic E-state index is 13.6. The standard InChI is InChI=1S/C15H25F/c1-10(2)8-14(16)9-13(7)15(11(3)4)12(5)6/h9-10,12H,3,8H2,1-2,4-7H3/b14-9+,15-13+. The van der Waals surface area contributed by atoms with Crippen molar-refractivity contribution in [2.75, 3.05) is 0 Å². The van der Waals surface area contributed by atoms with E-state index in [2.05, 4.69) is 20.4 Å². The summed E-state index contributed by atoms with van der Waals surface area (Å²) < 4.78 is 13.6. The molecule has 0 aromatic carbocycles. The predicted molar refractivity (Wildman–Crippen MR) is 71.0 cm³/mol. The monoisotopic (exact) mass is 224 g/mol. The Kier molecular flexibility index (Phi) is 6.32. The van der Waals surface area contributed by atoms with Gasteiger partial charge in [-0.2, -0.15) is 0 Å². The Labute approximate surface area is 99.9 Å². The molecular weight excluding hydrogens is 199 g/mol. The number of rotatable bonds is 5. The van der Waals surface area contributed by atoms with Crippen molar-refractivity contribution in [1.29, 1.82) is 0 Å². The van der Waals surface area contributed by atoms with Crippen LogP contribution in [0.3, 0.4) is 0 Å². The van der Waals surface area contributed by atoms with E-state index in [4.69, 9.17) is 0 Å². The summed E-state index contributed by atoms with van der Waals surface area (Å²) >= 11 is 0. The average Bonchev–Trinajstić information content (AvgIpc) is 1.98. The molecule has 0 aliphatic carbocycles. The Balaban J connectivity index is 5.05. The Morgan fingerprint density at radius 1 is 1.19 bits per heavy atom. The average molecular weight is 224 g/mol. The number of halogens is 1. The van der Waals surface area contributed by atoms with Gasteiger partial charge in [0.05, 0.1) is 0 Å². The molecule has 0 aromatic rings. The van der Waals surface area contributed by atoms with Gasteiger partial charge in [0.15, 0.2) is 0 Å². The summed E-state index contributed by atoms with van der Waals surface area (Å²) in [5, 5.41) is 0. The van der Waals surface area contributed by atoms with Crippen molar-refractivity contribution >= 4 is 0 Å². The molecular formula is C15H25F. The largest absolute Gasteiger partial charge is 0.212 e. The number of hydrogen-bond donors (Lipinski definition) is 0. The van der Waals surface area contributed by atoms with Crippen LogP contribution in [-0.2, 0) is 0 Å². The topological polar surface area (TPSA) is 0 Å². The molecule has 0 rings (SSSR count). The van der Waals surface area contributed by atoms with E-state index in [1.807, 2.05) is 27.7 Å². The lowest BCUT2D eigenvalue weighted by Gasteiger charge is -2.14. The van der Waals surface area contributed by atoms with Gasteiger partial charge in [0.2, 0.25) is 0 Å². The van der Waals surface area contributed by atoms with E-state index >= 15 is 0 Å². The van der Waals surface area contributed by atoms with Gasteiger partial charge in [0.1, 0.15) is 5.83 Å². The quantitative estimate of drug-likeness (QED) is 0.546. The van der Waals surface area contributed by atoms with E-state index in [1.165, 1.54) is 5.57 Å². The van der Waals surface area contributed by atoms with Crippen LogP contribution in [0.5, 0.6) is 0 Å². The van der Waals surface area contributed by atoms with E-state index in [9.17, 15) is 4.39 Å². The van der Waals surface area contributed by atoms with Gasteiger partial charge in [0, 0.05) is 6.42 Å². The fourth-order valence-electron chi connectivity index (χ4n) is 2.05. The zero-order chi connectivity index (χ0) is 12.9. The molecule has 16 heavy (non-hydrogen) atoms. The third-order valence-electron chi connectivity index (χ3n) is 2.44. The molecule has 0 unspecified atom stereocenters. The van der Waals surface area contributed by atoms with Crippen molar-refractivity contribution in [3.8, 4) is 0 Å². The van der Waals surface area contributed by atoms with Crippen LogP contribution < -0.4 is 0 Å². The molecule has 0 radical (unpaired) electrons. The molecule has 92 valence electrons. The number of hydrogen-bond acceptors (Lipinski definition) is 0. The summed E-state index contributed by atoms with van der Waals surface area (Å²) in [6, 6.07) is 0. The second kappa shape index (κ2) is 6.67. The first kappa shape index (κ1) is 15.2. The third-order valence-corrected chi connectivity index (χ3v) is 2.44. The van der Waals surface area contributed by atoms with Crippen LogP contribution in [0, 0.1) is 11.8 Å². The number of allylic oxidation sites excluding steroid dienone is 5. The molecule has 0 aliphatic heterocycles. The summed E-state index contributed by atoms with van der Waals surface area (Å²) in [5.74, 6) is 0.712. The van der Waals surface area contributed by atoms with Crippen molar-refractivity contribution in [1.82, 2.24) is 0 Å². The summed E-state index contributed by atoms with van der Waals surface area (Å²) in [6.07, 6.45) is 2.17. The first-order chi connectivity index (χ1) is 7.25. The van der Waals surface area contributed by atoms with Crippen LogP contribution in [-0.4, -0.2) is 0 Å². The van der Waals surface area contributed by atoms with E-state index in [0.29, 0.717) is 18.3 Å². The molecule has 0 atom stereocenters. The molecule has 0 amide bonds. The maximum atomic E-state index is 13.6. The van der Waals surface area contributed by atoms with E-state index in [0.717, 1.165) is 11.1 Å². The minimum absolute atomic E-state index is 0.0353. The van der Waals surface area contributed by atoms with Gasteiger partial charge in [-0.15, -0.1) is 0 Å². The summed E-state index contributed by atoms with van der Waals surface area (Å²) in [6.45, 7) is 16.2. The highest BCUT2D eigenvalue weighted by atomic mass is 19.1. The highest BCUT2D eigenvalue weighted by molar-refractivity contribution is 5.38. The van der Waals surface area contributed by atoms with Gasteiger partial charge in [0.25, 0.3) is 0 Å². The Bertz CT molecular complexity index is 303. The summed E-state index contributed by atoms with van der Waals surface area (Å²) in [4.78, 5) is 0. The van der Waals surface area contributed by atoms with Crippen LogP contribution in [0.15, 0.2) is 35.2 Å². The van der Waals surface area contributed by atoms with Gasteiger partial charge < -0.3 is 0 Å². The van der Waals surface area contributed by atoms with Gasteiger partial charge in [-0.05, 0) is 42.9 Å². The summed E-state index contributed by atoms with van der Waals surface area (Å²) in [5.41, 5.74) is 3.20. The zero-order valence-electron chi connectivity index (χ0n) is 11.5. The highest BCUT2D eigenvalue weighted by Gasteiger charge is 2.08. The molecule has 0 aromatic heterocycles. The maximum Gasteiger partial charge on any atom is 0.100 e. The minimum atomic E-state index is -0.0353. The first-order valence-corrected chi connectivity index (χ1v) is 5.98. The van der Waals surface area contributed by atoms with Crippen molar-refractivity contribution in [2.45, 2.75) is 48.0 Å². The lowest BCUT2D eigenvalue weighted by Crippen LogP contribution is -1.98. The van der Waals surface area contributed by atoms with Gasteiger partial charge >= 0.3 is 0 Å². The molecule has 0 spiro atoms. The normalized spacial score (nSPS) is 14.4. The van der Waals surface area contributed by atoms with E-state index in [1.54, 1.807) is 6.08 Å². The van der Waals surface area contributed by atoms with Gasteiger partial charge in [-0.25, -0.2) is 4.39 Å². The molecule has 0 saturated carbocycles. The lowest BCUT2D eigenvalue weighted by molar-refractivity contribution is 0.515. The first-order valence-electron chi connectivity index (χ1n) is 5.98. The smallest absolute Gasteiger partial charge is 0.100 e. The molecule has 0 nitrogen and oxygen atoms in total. The summed E-state index contributed by atoms with van der Waals surface area (Å²) in [7, 11) is 0. The molecule has 0 fully saturated rings. The Hall–Kier alpha value is -0.850. The Morgan fingerprint density at radius 2 is 1.69 bits per heavy atom. The molecule has 0 saturated heterocycles. The molecule has 0 bridgehead atoms. The van der Waals surface area contributed by atoms with E-state index < -0.39 is 0 Å². The van der Waals surface area contributed by atoms with Crippen LogP contribution in [0.4, 0.5) is 4.39 Å². The van der Waals surface area contributed by atoms with Crippen LogP contribution in [0.25, 0.3) is 0 Å². The third kappa shape index (κ3) is 5.29. The highest BCUT2D eigenvalue weighted by Crippen LogP contribution is 2.24. The SMILES string of the molecule is C=C(C)/C(=C(C)\C=C(\F)CC(C)C)C(C)C. The second-order valence-corrected chi connectivity index (χ2v) is 5.22. The van der Waals surface area contributed by atoms with Crippen LogP contribution in [0.1, 0.15) is 48.0 Å². The second-order valence-electron chi connectivity index (χ2n) is 5.22. The molecule has 0 N–H and O–H groups in total. The lowest BCUT2D eigenvalue weighted by atomic mass is 9.92. The van der Waals surface area contributed by atoms with Crippen LogP contribution in [0.2, 0.25) is 0 Å². The Morgan fingerprint density at radius 3 is 2.00 bits per heavy atom. The van der Waals surface area contributed by atoms with Crippen molar-refractivity contribution in [3.63, 3.8) is 0 Å². The molecule has 0 heterocycles. The van der Waals surface area contributed by atoms with Crippen molar-refractivity contribution in [2.24, 2.45) is 11.8 Å². The van der Waals surface area contributed by atoms with Gasteiger partial charge in [-0.3, -0.25) is 0 Å². The van der Waals surface area contributed by atoms with Crippen LogP contribution >= 0.6 is 0 Å². The predicted octanol–water partition coefficient (Wildman–Crippen LogP) is 5.43. The van der Waals surface area contributed by atoms with Crippen molar-refractivity contribution < 1.29 is 4.39 Å². The zero-order valence-corrected chi connectivity index (χ0v) is 11.5. The molecule has 0 aliphatic rings. The van der Waals surface area contributed by atoms with Crippen molar-refractivity contribution in [3.05, 3.63) is 35.2 Å². The fourth-order valence-corrected chi connectivity index (χ4v) is 2.05. The van der Waals surface area contributed by atoms with Gasteiger partial charge in [-0.1, -0.05) is 39.8 Å². The molecule has 1 heteroatoms. The van der Waals surface area contributed by atoms with E-state index in [-0.39, 0.29) is 5.83 Å².